The summed E-state index contributed by atoms with van der Waals surface area (Å²) in [6, 6.07) is 8.35. The van der Waals surface area contributed by atoms with Crippen molar-refractivity contribution in [1.29, 1.82) is 0 Å². The molecule has 4 heteroatoms. The second-order valence-electron chi connectivity index (χ2n) is 4.59. The lowest BCUT2D eigenvalue weighted by molar-refractivity contribution is 0.129. The lowest BCUT2D eigenvalue weighted by atomic mass is 10.1. The molecule has 0 bridgehead atoms. The highest BCUT2D eigenvalue weighted by molar-refractivity contribution is 5.26. The van der Waals surface area contributed by atoms with Crippen LogP contribution in [0.1, 0.15) is 17.5 Å². The van der Waals surface area contributed by atoms with Gasteiger partial charge in [-0.05, 0) is 17.5 Å². The summed E-state index contributed by atoms with van der Waals surface area (Å²) in [5, 5.41) is 0. The third-order valence-electron chi connectivity index (χ3n) is 3.17. The zero-order valence-corrected chi connectivity index (χ0v) is 12.1. The monoisotopic (exact) mass is 266 g/mol. The highest BCUT2D eigenvalue weighted by Gasteiger charge is 2.08. The molecule has 0 aliphatic rings. The molecule has 0 aromatic heterocycles. The van der Waals surface area contributed by atoms with Gasteiger partial charge >= 0.3 is 0 Å². The molecule has 0 saturated heterocycles. The lowest BCUT2D eigenvalue weighted by Gasteiger charge is -2.23. The molecule has 1 aromatic rings. The molecule has 2 N–H and O–H groups in total. The van der Waals surface area contributed by atoms with E-state index in [2.05, 4.69) is 23.1 Å². The molecule has 0 fully saturated rings. The predicted octanol–water partition coefficient (Wildman–Crippen LogP) is 1.63. The molecule has 0 spiro atoms. The Morgan fingerprint density at radius 3 is 2.32 bits per heavy atom. The van der Waals surface area contributed by atoms with Crippen LogP contribution < -0.4 is 5.73 Å². The lowest BCUT2D eigenvalue weighted by Crippen LogP contribution is -2.29. The number of nitrogens with two attached hydrogens (primary N) is 1. The van der Waals surface area contributed by atoms with Gasteiger partial charge in [-0.1, -0.05) is 24.3 Å². The summed E-state index contributed by atoms with van der Waals surface area (Å²) >= 11 is 0. The molecule has 1 rings (SSSR count). The first-order chi connectivity index (χ1) is 9.31. The number of hydrogen-bond acceptors (Lipinski definition) is 4. The number of benzene rings is 1. The van der Waals surface area contributed by atoms with E-state index in [4.69, 9.17) is 15.2 Å². The van der Waals surface area contributed by atoms with E-state index in [-0.39, 0.29) is 0 Å². The summed E-state index contributed by atoms with van der Waals surface area (Å²) in [5.74, 6) is 0. The van der Waals surface area contributed by atoms with Crippen LogP contribution in [0, 0.1) is 0 Å². The normalized spacial score (nSPS) is 11.2. The summed E-state index contributed by atoms with van der Waals surface area (Å²) in [6.07, 6.45) is 1.03. The van der Waals surface area contributed by atoms with Crippen molar-refractivity contribution >= 4 is 0 Å². The second kappa shape index (κ2) is 9.92. The van der Waals surface area contributed by atoms with E-state index in [0.29, 0.717) is 6.54 Å². The van der Waals surface area contributed by atoms with E-state index in [1.54, 1.807) is 14.2 Å². The van der Waals surface area contributed by atoms with Crippen LogP contribution in [0.15, 0.2) is 24.3 Å². The Hall–Kier alpha value is -0.940. The van der Waals surface area contributed by atoms with Gasteiger partial charge < -0.3 is 15.2 Å². The van der Waals surface area contributed by atoms with Crippen molar-refractivity contribution in [3.63, 3.8) is 0 Å². The fourth-order valence-electron chi connectivity index (χ4n) is 2.07. The molecule has 0 radical (unpaired) electrons. The minimum atomic E-state index is 0.590. The van der Waals surface area contributed by atoms with E-state index in [1.807, 2.05) is 6.07 Å². The van der Waals surface area contributed by atoms with Gasteiger partial charge in [-0.3, -0.25) is 4.90 Å². The van der Waals surface area contributed by atoms with Gasteiger partial charge in [0.05, 0.1) is 6.61 Å². The van der Waals surface area contributed by atoms with Crippen LogP contribution in [0.4, 0.5) is 0 Å². The standard InChI is InChI=1S/C15H26N2O2/c1-18-10-5-8-17(9-11-19-2)13-15-7-4-3-6-14(15)12-16/h3-4,6-7H,5,8-13,16H2,1-2H3. The van der Waals surface area contributed by atoms with Crippen molar-refractivity contribution in [2.75, 3.05) is 40.5 Å². The Bertz CT molecular complexity index is 345. The maximum Gasteiger partial charge on any atom is 0.0589 e. The van der Waals surface area contributed by atoms with Crippen LogP contribution in [0.2, 0.25) is 0 Å². The molecule has 108 valence electrons. The van der Waals surface area contributed by atoms with Gasteiger partial charge in [0.2, 0.25) is 0 Å². The topological polar surface area (TPSA) is 47.7 Å². The number of methoxy groups -OCH3 is 2. The van der Waals surface area contributed by atoms with Crippen molar-refractivity contribution in [3.05, 3.63) is 35.4 Å². The average Bonchev–Trinajstić information content (AvgIpc) is 2.45. The summed E-state index contributed by atoms with van der Waals surface area (Å²) in [5.41, 5.74) is 8.31. The molecule has 0 unspecified atom stereocenters. The molecule has 0 saturated carbocycles. The Morgan fingerprint density at radius 1 is 1.00 bits per heavy atom. The predicted molar refractivity (Wildman–Crippen MR) is 78.0 cm³/mol. The summed E-state index contributed by atoms with van der Waals surface area (Å²) in [6.45, 7) is 4.99. The van der Waals surface area contributed by atoms with E-state index in [9.17, 15) is 0 Å². The zero-order valence-electron chi connectivity index (χ0n) is 12.1. The summed E-state index contributed by atoms with van der Waals surface area (Å²) in [4.78, 5) is 2.39. The van der Waals surface area contributed by atoms with Crippen LogP contribution in [0.5, 0.6) is 0 Å². The van der Waals surface area contributed by atoms with Crippen molar-refractivity contribution in [2.45, 2.75) is 19.5 Å². The Balaban J connectivity index is 2.58. The Labute approximate surface area is 116 Å². The molecule has 0 heterocycles. The molecule has 0 aliphatic carbocycles. The highest BCUT2D eigenvalue weighted by Crippen LogP contribution is 2.11. The van der Waals surface area contributed by atoms with Crippen molar-refractivity contribution in [2.24, 2.45) is 5.73 Å². The van der Waals surface area contributed by atoms with E-state index in [1.165, 1.54) is 11.1 Å². The molecule has 0 aliphatic heterocycles. The fraction of sp³-hybridized carbons (Fsp3) is 0.600. The maximum atomic E-state index is 5.78. The zero-order chi connectivity index (χ0) is 13.9. The summed E-state index contributed by atoms with van der Waals surface area (Å²) < 4.78 is 10.3. The maximum absolute atomic E-state index is 5.78. The third kappa shape index (κ3) is 6.16. The van der Waals surface area contributed by atoms with Gasteiger partial charge in [0.15, 0.2) is 0 Å². The number of rotatable bonds is 10. The van der Waals surface area contributed by atoms with Gasteiger partial charge in [0.1, 0.15) is 0 Å². The Kier molecular flexibility index (Phi) is 8.41. The third-order valence-corrected chi connectivity index (χ3v) is 3.17. The fourth-order valence-corrected chi connectivity index (χ4v) is 2.07. The van der Waals surface area contributed by atoms with Crippen molar-refractivity contribution in [1.82, 2.24) is 4.90 Å². The average molecular weight is 266 g/mol. The van der Waals surface area contributed by atoms with Gasteiger partial charge in [-0.15, -0.1) is 0 Å². The minimum absolute atomic E-state index is 0.590. The van der Waals surface area contributed by atoms with Crippen LogP contribution >= 0.6 is 0 Å². The Morgan fingerprint density at radius 2 is 1.68 bits per heavy atom. The van der Waals surface area contributed by atoms with E-state index in [0.717, 1.165) is 39.3 Å². The molecular weight excluding hydrogens is 240 g/mol. The first-order valence-electron chi connectivity index (χ1n) is 6.79. The first-order valence-corrected chi connectivity index (χ1v) is 6.79. The van der Waals surface area contributed by atoms with Gasteiger partial charge in [0.25, 0.3) is 0 Å². The molecule has 19 heavy (non-hydrogen) atoms. The number of hydrogen-bond donors (Lipinski definition) is 1. The molecule has 0 atom stereocenters. The first kappa shape index (κ1) is 16.1. The minimum Gasteiger partial charge on any atom is -0.385 e. The number of ether oxygens (including phenoxy) is 2. The highest BCUT2D eigenvalue weighted by atomic mass is 16.5. The van der Waals surface area contributed by atoms with Crippen LogP contribution in [-0.4, -0.2) is 45.4 Å². The smallest absolute Gasteiger partial charge is 0.0589 e. The van der Waals surface area contributed by atoms with Crippen LogP contribution in [0.3, 0.4) is 0 Å². The van der Waals surface area contributed by atoms with Crippen molar-refractivity contribution < 1.29 is 9.47 Å². The quantitative estimate of drug-likeness (QED) is 0.654. The van der Waals surface area contributed by atoms with Crippen molar-refractivity contribution in [3.8, 4) is 0 Å². The summed E-state index contributed by atoms with van der Waals surface area (Å²) in [7, 11) is 3.48. The largest absolute Gasteiger partial charge is 0.385 e. The number of nitrogens with zero attached hydrogens (tertiary/aromatic N) is 1. The van der Waals surface area contributed by atoms with Gasteiger partial charge in [-0.2, -0.15) is 0 Å². The van der Waals surface area contributed by atoms with Crippen LogP contribution in [0.25, 0.3) is 0 Å². The molecule has 1 aromatic carbocycles. The van der Waals surface area contributed by atoms with Crippen LogP contribution in [-0.2, 0) is 22.6 Å². The van der Waals surface area contributed by atoms with Gasteiger partial charge in [-0.25, -0.2) is 0 Å². The molecule has 0 amide bonds. The second-order valence-corrected chi connectivity index (χ2v) is 4.59. The van der Waals surface area contributed by atoms with E-state index >= 15 is 0 Å². The molecule has 4 nitrogen and oxygen atoms in total. The van der Waals surface area contributed by atoms with E-state index < -0.39 is 0 Å². The molecular formula is C15H26N2O2. The van der Waals surface area contributed by atoms with Gasteiger partial charge in [0, 0.05) is 47.0 Å². The SMILES string of the molecule is COCCCN(CCOC)Cc1ccccc1CN.